The molecule has 2 atom stereocenters. The summed E-state index contributed by atoms with van der Waals surface area (Å²) in [6.45, 7) is 4.29. The van der Waals surface area contributed by atoms with Crippen molar-refractivity contribution in [3.63, 3.8) is 0 Å². The first-order chi connectivity index (χ1) is 7.18. The second-order valence-corrected chi connectivity index (χ2v) is 5.02. The number of Topliss-reactive ketones (excluding diaryl/α,β-unsaturated/α-hetero) is 1. The summed E-state index contributed by atoms with van der Waals surface area (Å²) in [6.07, 6.45) is 4.96. The molecule has 80 valence electrons. The summed E-state index contributed by atoms with van der Waals surface area (Å²) in [5, 5.41) is 4.41. The second kappa shape index (κ2) is 2.94. The first-order valence-corrected chi connectivity index (χ1v) is 5.78. The van der Waals surface area contributed by atoms with Crippen LogP contribution in [0.4, 0.5) is 0 Å². The Balaban J connectivity index is 2.11. The highest BCUT2D eigenvalue weighted by Gasteiger charge is 2.42. The van der Waals surface area contributed by atoms with Crippen LogP contribution in [0.15, 0.2) is 6.20 Å². The van der Waals surface area contributed by atoms with Crippen molar-refractivity contribution in [3.8, 4) is 0 Å². The molecule has 0 radical (unpaired) electrons. The molecule has 0 spiro atoms. The predicted octanol–water partition coefficient (Wildman–Crippen LogP) is 2.08. The Kier molecular flexibility index (Phi) is 1.79. The summed E-state index contributed by atoms with van der Waals surface area (Å²) in [4.78, 5) is 11.9. The van der Waals surface area contributed by atoms with E-state index in [1.165, 1.54) is 11.3 Å². The Labute approximate surface area is 89.5 Å². The van der Waals surface area contributed by atoms with Crippen LogP contribution in [0, 0.1) is 5.92 Å². The maximum atomic E-state index is 11.9. The number of aromatic nitrogens is 2. The van der Waals surface area contributed by atoms with E-state index in [0.29, 0.717) is 11.8 Å². The van der Waals surface area contributed by atoms with E-state index in [-0.39, 0.29) is 11.8 Å². The first kappa shape index (κ1) is 9.13. The highest BCUT2D eigenvalue weighted by molar-refractivity contribution is 5.91. The van der Waals surface area contributed by atoms with Crippen LogP contribution in [-0.2, 0) is 11.2 Å². The molecule has 0 N–H and O–H groups in total. The lowest BCUT2D eigenvalue weighted by molar-refractivity contribution is -0.122. The van der Waals surface area contributed by atoms with Crippen molar-refractivity contribution in [2.75, 3.05) is 0 Å². The zero-order valence-corrected chi connectivity index (χ0v) is 9.23. The minimum absolute atomic E-state index is 0.172. The third-order valence-corrected chi connectivity index (χ3v) is 3.78. The molecule has 1 saturated carbocycles. The van der Waals surface area contributed by atoms with Gasteiger partial charge in [-0.25, -0.2) is 0 Å². The van der Waals surface area contributed by atoms with E-state index in [2.05, 4.69) is 23.6 Å². The molecular weight excluding hydrogens is 188 g/mol. The lowest BCUT2D eigenvalue weighted by Crippen LogP contribution is -2.24. The van der Waals surface area contributed by atoms with Gasteiger partial charge in [-0.3, -0.25) is 9.48 Å². The highest BCUT2D eigenvalue weighted by Crippen LogP contribution is 2.43. The Morgan fingerprint density at radius 1 is 1.47 bits per heavy atom. The molecule has 0 amide bonds. The van der Waals surface area contributed by atoms with Crippen LogP contribution in [0.2, 0.25) is 0 Å². The van der Waals surface area contributed by atoms with Gasteiger partial charge in [0.25, 0.3) is 0 Å². The first-order valence-electron chi connectivity index (χ1n) is 5.78. The number of hydrogen-bond acceptors (Lipinski definition) is 2. The van der Waals surface area contributed by atoms with Gasteiger partial charge in [0.05, 0.1) is 6.20 Å². The Hall–Kier alpha value is -1.12. The summed E-state index contributed by atoms with van der Waals surface area (Å²) < 4.78 is 2.09. The number of hydrogen-bond donors (Lipinski definition) is 0. The molecule has 0 saturated heterocycles. The van der Waals surface area contributed by atoms with E-state index >= 15 is 0 Å². The molecule has 0 unspecified atom stereocenters. The van der Waals surface area contributed by atoms with Crippen molar-refractivity contribution in [2.45, 2.75) is 45.1 Å². The number of ketones is 1. The number of rotatable bonds is 1. The summed E-state index contributed by atoms with van der Waals surface area (Å²) in [6, 6.07) is 0.404. The fourth-order valence-corrected chi connectivity index (χ4v) is 3.03. The van der Waals surface area contributed by atoms with E-state index in [1.54, 1.807) is 0 Å². The average molecular weight is 204 g/mol. The van der Waals surface area contributed by atoms with Crippen molar-refractivity contribution in [1.29, 1.82) is 0 Å². The zero-order valence-electron chi connectivity index (χ0n) is 9.23. The van der Waals surface area contributed by atoms with Gasteiger partial charge in [-0.1, -0.05) is 0 Å². The standard InChI is InChI=1S/C12H16N2O/c1-7(2)14-11-5-8-3-4-9(12(8)15)10(11)6-13-14/h6-9H,3-5H2,1-2H3/t8-,9-/m1/s1. The van der Waals surface area contributed by atoms with Crippen molar-refractivity contribution in [1.82, 2.24) is 9.78 Å². The average Bonchev–Trinajstić information content (AvgIpc) is 2.69. The molecule has 1 aromatic heterocycles. The fourth-order valence-electron chi connectivity index (χ4n) is 3.03. The Bertz CT molecular complexity index is 419. The van der Waals surface area contributed by atoms with Crippen molar-refractivity contribution in [3.05, 3.63) is 17.5 Å². The second-order valence-electron chi connectivity index (χ2n) is 5.02. The van der Waals surface area contributed by atoms with Crippen LogP contribution >= 0.6 is 0 Å². The molecule has 1 fully saturated rings. The summed E-state index contributed by atoms with van der Waals surface area (Å²) in [5.74, 6) is 0.925. The molecule has 2 aliphatic carbocycles. The van der Waals surface area contributed by atoms with E-state index < -0.39 is 0 Å². The maximum absolute atomic E-state index is 11.9. The van der Waals surface area contributed by atoms with Crippen LogP contribution in [0.5, 0.6) is 0 Å². The molecule has 3 rings (SSSR count). The molecule has 2 bridgehead atoms. The van der Waals surface area contributed by atoms with Gasteiger partial charge < -0.3 is 0 Å². The zero-order chi connectivity index (χ0) is 10.6. The lowest BCUT2D eigenvalue weighted by atomic mass is 9.86. The van der Waals surface area contributed by atoms with Crippen molar-refractivity contribution < 1.29 is 4.79 Å². The monoisotopic (exact) mass is 204 g/mol. The van der Waals surface area contributed by atoms with E-state index in [4.69, 9.17) is 0 Å². The molecule has 15 heavy (non-hydrogen) atoms. The quantitative estimate of drug-likeness (QED) is 0.702. The minimum Gasteiger partial charge on any atom is -0.299 e. The maximum Gasteiger partial charge on any atom is 0.143 e. The molecular formula is C12H16N2O. The van der Waals surface area contributed by atoms with Crippen LogP contribution in [0.25, 0.3) is 0 Å². The highest BCUT2D eigenvalue weighted by atomic mass is 16.1. The van der Waals surface area contributed by atoms with Gasteiger partial charge in [-0.2, -0.15) is 5.10 Å². The molecule has 3 nitrogen and oxygen atoms in total. The fraction of sp³-hybridized carbons (Fsp3) is 0.667. The smallest absolute Gasteiger partial charge is 0.143 e. The summed E-state index contributed by atoms with van der Waals surface area (Å²) in [7, 11) is 0. The molecule has 2 aliphatic rings. The molecule has 3 heteroatoms. The molecule has 0 aliphatic heterocycles. The van der Waals surface area contributed by atoms with Gasteiger partial charge >= 0.3 is 0 Å². The summed E-state index contributed by atoms with van der Waals surface area (Å²) >= 11 is 0. The van der Waals surface area contributed by atoms with Crippen molar-refractivity contribution in [2.24, 2.45) is 5.92 Å². The predicted molar refractivity (Wildman–Crippen MR) is 56.8 cm³/mol. The third kappa shape index (κ3) is 1.12. The largest absolute Gasteiger partial charge is 0.299 e. The SMILES string of the molecule is CC(C)n1ncc2c1C[C@H]1CC[C@H]2C1=O. The van der Waals surface area contributed by atoms with Crippen LogP contribution in [0.3, 0.4) is 0 Å². The van der Waals surface area contributed by atoms with Gasteiger partial charge in [0, 0.05) is 29.1 Å². The van der Waals surface area contributed by atoms with Crippen LogP contribution in [-0.4, -0.2) is 15.6 Å². The summed E-state index contributed by atoms with van der Waals surface area (Å²) in [5.41, 5.74) is 2.53. The van der Waals surface area contributed by atoms with Gasteiger partial charge in [0.15, 0.2) is 0 Å². The normalized spacial score (nSPS) is 28.6. The third-order valence-electron chi connectivity index (χ3n) is 3.78. The molecule has 1 aromatic rings. The van der Waals surface area contributed by atoms with E-state index in [9.17, 15) is 4.79 Å². The number of carbonyl (C=O) groups excluding carboxylic acids is 1. The van der Waals surface area contributed by atoms with Gasteiger partial charge in [-0.15, -0.1) is 0 Å². The number of carbonyl (C=O) groups is 1. The molecule has 0 aromatic carbocycles. The van der Waals surface area contributed by atoms with Crippen molar-refractivity contribution >= 4 is 5.78 Å². The van der Waals surface area contributed by atoms with Gasteiger partial charge in [0.1, 0.15) is 5.78 Å². The topological polar surface area (TPSA) is 34.9 Å². The van der Waals surface area contributed by atoms with Gasteiger partial charge in [0.2, 0.25) is 0 Å². The minimum atomic E-state index is 0.172. The lowest BCUT2D eigenvalue weighted by Gasteiger charge is -2.20. The molecule has 1 heterocycles. The van der Waals surface area contributed by atoms with Gasteiger partial charge in [-0.05, 0) is 33.1 Å². The Morgan fingerprint density at radius 3 is 3.00 bits per heavy atom. The number of nitrogens with zero attached hydrogens (tertiary/aromatic N) is 2. The van der Waals surface area contributed by atoms with E-state index in [0.717, 1.165) is 19.3 Å². The van der Waals surface area contributed by atoms with Crippen LogP contribution < -0.4 is 0 Å². The Morgan fingerprint density at radius 2 is 2.27 bits per heavy atom. The van der Waals surface area contributed by atoms with Crippen LogP contribution in [0.1, 0.15) is 49.9 Å². The van der Waals surface area contributed by atoms with E-state index in [1.807, 2.05) is 6.20 Å². The number of fused-ring (bicyclic) bond motifs is 4.